The van der Waals surface area contributed by atoms with Gasteiger partial charge in [-0.25, -0.2) is 26.4 Å². The molecule has 0 aliphatic carbocycles. The molecule has 2 rings (SSSR count). The molecule has 1 aromatic carbocycles. The second-order valence-electron chi connectivity index (χ2n) is 4.15. The first-order valence-electron chi connectivity index (χ1n) is 5.46. The molecular weight excluding hydrogens is 323 g/mol. The van der Waals surface area contributed by atoms with Gasteiger partial charge in [0.15, 0.2) is 0 Å². The molecule has 0 bridgehead atoms. The van der Waals surface area contributed by atoms with E-state index in [4.69, 9.17) is 5.14 Å². The van der Waals surface area contributed by atoms with Crippen LogP contribution in [0.1, 0.15) is 5.69 Å². The Bertz CT molecular complexity index is 890. The van der Waals surface area contributed by atoms with Crippen LogP contribution in [0.2, 0.25) is 0 Å². The number of hydrogen-bond acceptors (Lipinski definition) is 5. The van der Waals surface area contributed by atoms with E-state index in [0.29, 0.717) is 6.07 Å². The number of nitrogens with two attached hydrogens (primary N) is 1. The van der Waals surface area contributed by atoms with Crippen molar-refractivity contribution in [2.75, 3.05) is 4.72 Å². The lowest BCUT2D eigenvalue weighted by Crippen LogP contribution is -2.16. The summed E-state index contributed by atoms with van der Waals surface area (Å²) in [6, 6.07) is 2.61. The van der Waals surface area contributed by atoms with Crippen LogP contribution in [0, 0.1) is 12.7 Å². The van der Waals surface area contributed by atoms with Crippen LogP contribution in [0.25, 0.3) is 0 Å². The first-order chi connectivity index (χ1) is 9.61. The first kappa shape index (κ1) is 15.4. The molecule has 2 aromatic rings. The lowest BCUT2D eigenvalue weighted by atomic mass is 10.3. The highest BCUT2D eigenvalue weighted by Crippen LogP contribution is 2.22. The van der Waals surface area contributed by atoms with Crippen molar-refractivity contribution in [3.8, 4) is 0 Å². The Hall–Kier alpha value is -1.98. The Morgan fingerprint density at radius 1 is 1.29 bits per heavy atom. The monoisotopic (exact) mass is 334 g/mol. The van der Waals surface area contributed by atoms with E-state index in [1.54, 1.807) is 0 Å². The summed E-state index contributed by atoms with van der Waals surface area (Å²) >= 11 is 0. The maximum atomic E-state index is 13.8. The largest absolute Gasteiger partial charge is 0.281 e. The van der Waals surface area contributed by atoms with E-state index >= 15 is 0 Å². The lowest BCUT2D eigenvalue weighted by molar-refractivity contribution is 0.592. The Morgan fingerprint density at radius 3 is 2.43 bits per heavy atom. The van der Waals surface area contributed by atoms with E-state index < -0.39 is 36.4 Å². The molecule has 1 aromatic heterocycles. The van der Waals surface area contributed by atoms with Gasteiger partial charge in [0, 0.05) is 0 Å². The first-order valence-corrected chi connectivity index (χ1v) is 8.49. The van der Waals surface area contributed by atoms with E-state index in [-0.39, 0.29) is 10.6 Å². The number of nitrogens with one attached hydrogen (secondary N) is 2. The van der Waals surface area contributed by atoms with Crippen LogP contribution in [0.15, 0.2) is 34.2 Å². The zero-order valence-electron chi connectivity index (χ0n) is 10.7. The topological polar surface area (TPSA) is 135 Å². The van der Waals surface area contributed by atoms with Gasteiger partial charge in [0.1, 0.15) is 10.7 Å². The zero-order chi connectivity index (χ0) is 15.8. The Balaban J connectivity index is 2.39. The number of sulfonamides is 2. The van der Waals surface area contributed by atoms with Crippen LogP contribution in [0.4, 0.5) is 10.1 Å². The average Bonchev–Trinajstić information content (AvgIpc) is 2.77. The maximum absolute atomic E-state index is 13.8. The number of nitrogens with zero attached hydrogens (tertiary/aromatic N) is 1. The second-order valence-corrected chi connectivity index (χ2v) is 7.36. The van der Waals surface area contributed by atoms with Crippen molar-refractivity contribution in [3.63, 3.8) is 0 Å². The van der Waals surface area contributed by atoms with Gasteiger partial charge in [-0.3, -0.25) is 9.82 Å². The van der Waals surface area contributed by atoms with Gasteiger partial charge in [-0.2, -0.15) is 5.10 Å². The van der Waals surface area contributed by atoms with Gasteiger partial charge in [-0.05, 0) is 25.1 Å². The number of hydrogen-bond donors (Lipinski definition) is 3. The normalized spacial score (nSPS) is 12.3. The Morgan fingerprint density at radius 2 is 1.95 bits per heavy atom. The number of H-pyrrole nitrogens is 1. The SMILES string of the molecule is Cc1[nH]ncc1S(=O)(=O)Nc1ccc(S(N)(=O)=O)cc1F. The number of aryl methyl sites for hydroxylation is 1. The standard InChI is InChI=1S/C10H11FN4O4S2/c1-6-10(5-13-14-6)21(18,19)15-9-3-2-7(4-8(9)11)20(12,16)17/h2-5,15H,1H3,(H,13,14)(H2,12,16,17). The van der Waals surface area contributed by atoms with Crippen LogP contribution in [-0.2, 0) is 20.0 Å². The highest BCUT2D eigenvalue weighted by atomic mass is 32.2. The summed E-state index contributed by atoms with van der Waals surface area (Å²) in [6.07, 6.45) is 1.08. The van der Waals surface area contributed by atoms with Crippen LogP contribution in [0.5, 0.6) is 0 Å². The highest BCUT2D eigenvalue weighted by Gasteiger charge is 2.21. The number of primary sulfonamides is 1. The number of aromatic amines is 1. The third-order valence-electron chi connectivity index (χ3n) is 2.59. The lowest BCUT2D eigenvalue weighted by Gasteiger charge is -2.09. The molecule has 8 nitrogen and oxygen atoms in total. The molecule has 0 unspecified atom stereocenters. The molecule has 0 radical (unpaired) electrons. The third-order valence-corrected chi connectivity index (χ3v) is 4.98. The number of benzene rings is 1. The Labute approximate surface area is 120 Å². The van der Waals surface area contributed by atoms with Gasteiger partial charge in [-0.1, -0.05) is 0 Å². The summed E-state index contributed by atoms with van der Waals surface area (Å²) in [6.45, 7) is 1.49. The minimum Gasteiger partial charge on any atom is -0.281 e. The predicted octanol–water partition coefficient (Wildman–Crippen LogP) is 0.305. The van der Waals surface area contributed by atoms with E-state index in [1.165, 1.54) is 6.92 Å². The van der Waals surface area contributed by atoms with E-state index in [9.17, 15) is 21.2 Å². The molecule has 1 heterocycles. The van der Waals surface area contributed by atoms with Crippen LogP contribution in [-0.4, -0.2) is 27.0 Å². The summed E-state index contributed by atoms with van der Waals surface area (Å²) in [5.41, 5.74) is -0.118. The van der Waals surface area contributed by atoms with Crippen molar-refractivity contribution in [1.29, 1.82) is 0 Å². The molecular formula is C10H11FN4O4S2. The van der Waals surface area contributed by atoms with Crippen molar-refractivity contribution in [1.82, 2.24) is 10.2 Å². The average molecular weight is 334 g/mol. The van der Waals surface area contributed by atoms with Crippen molar-refractivity contribution in [2.24, 2.45) is 5.14 Å². The molecule has 4 N–H and O–H groups in total. The number of rotatable bonds is 4. The van der Waals surface area contributed by atoms with E-state index in [2.05, 4.69) is 10.2 Å². The van der Waals surface area contributed by atoms with Crippen molar-refractivity contribution >= 4 is 25.7 Å². The van der Waals surface area contributed by atoms with Crippen molar-refractivity contribution in [2.45, 2.75) is 16.7 Å². The summed E-state index contributed by atoms with van der Waals surface area (Å²) in [4.78, 5) is -0.597. The number of aromatic nitrogens is 2. The van der Waals surface area contributed by atoms with Gasteiger partial charge in [0.2, 0.25) is 10.0 Å². The summed E-state index contributed by atoms with van der Waals surface area (Å²) in [5.74, 6) is -1.06. The molecule has 0 aliphatic heterocycles. The molecule has 114 valence electrons. The summed E-state index contributed by atoms with van der Waals surface area (Å²) < 4.78 is 62.0. The fourth-order valence-corrected chi connectivity index (χ4v) is 3.30. The molecule has 0 amide bonds. The van der Waals surface area contributed by atoms with Gasteiger partial charge < -0.3 is 0 Å². The molecule has 21 heavy (non-hydrogen) atoms. The summed E-state index contributed by atoms with van der Waals surface area (Å²) in [5, 5.41) is 10.9. The molecule has 0 saturated heterocycles. The van der Waals surface area contributed by atoms with E-state index in [0.717, 1.165) is 18.3 Å². The van der Waals surface area contributed by atoms with Gasteiger partial charge in [0.05, 0.1) is 22.5 Å². The maximum Gasteiger partial charge on any atom is 0.265 e. The van der Waals surface area contributed by atoms with Crippen molar-refractivity contribution < 1.29 is 21.2 Å². The predicted molar refractivity (Wildman–Crippen MR) is 71.9 cm³/mol. The van der Waals surface area contributed by atoms with Gasteiger partial charge in [0.25, 0.3) is 10.0 Å². The quantitative estimate of drug-likeness (QED) is 0.739. The fraction of sp³-hybridized carbons (Fsp3) is 0.100. The van der Waals surface area contributed by atoms with E-state index in [1.807, 2.05) is 4.72 Å². The van der Waals surface area contributed by atoms with Crippen molar-refractivity contribution in [3.05, 3.63) is 35.9 Å². The zero-order valence-corrected chi connectivity index (χ0v) is 12.3. The molecule has 0 saturated carbocycles. The van der Waals surface area contributed by atoms with Gasteiger partial charge in [-0.15, -0.1) is 0 Å². The molecule has 0 aliphatic rings. The molecule has 0 atom stereocenters. The fourth-order valence-electron chi connectivity index (χ4n) is 1.57. The highest BCUT2D eigenvalue weighted by molar-refractivity contribution is 7.92. The Kier molecular flexibility index (Phi) is 3.74. The van der Waals surface area contributed by atoms with Gasteiger partial charge >= 0.3 is 0 Å². The summed E-state index contributed by atoms with van der Waals surface area (Å²) in [7, 11) is -8.10. The molecule has 0 spiro atoms. The number of anilines is 1. The van der Waals surface area contributed by atoms with Crippen LogP contribution >= 0.6 is 0 Å². The molecule has 0 fully saturated rings. The molecule has 11 heteroatoms. The smallest absolute Gasteiger partial charge is 0.265 e. The third kappa shape index (κ3) is 3.20. The number of halogens is 1. The minimum absolute atomic E-state index is 0.141. The van der Waals surface area contributed by atoms with Crippen LogP contribution < -0.4 is 9.86 Å². The second kappa shape index (κ2) is 5.09. The van der Waals surface area contributed by atoms with Crippen LogP contribution in [0.3, 0.4) is 0 Å². The minimum atomic E-state index is -4.07.